The average molecular weight is 495 g/mol. The molecule has 192 valence electrons. The number of hydrogen-bond acceptors (Lipinski definition) is 5. The predicted octanol–water partition coefficient (Wildman–Crippen LogP) is 4.83. The average Bonchev–Trinajstić information content (AvgIpc) is 2.87. The third-order valence-electron chi connectivity index (χ3n) is 5.91. The molecule has 0 saturated heterocycles. The van der Waals surface area contributed by atoms with Gasteiger partial charge in [0, 0.05) is 30.7 Å². The van der Waals surface area contributed by atoms with Gasteiger partial charge in [-0.15, -0.1) is 0 Å². The minimum atomic E-state index is -0.680. The number of amides is 4. The zero-order valence-corrected chi connectivity index (χ0v) is 21.2. The van der Waals surface area contributed by atoms with E-state index in [2.05, 4.69) is 22.9 Å². The Morgan fingerprint density at radius 1 is 0.972 bits per heavy atom. The van der Waals surface area contributed by atoms with Crippen molar-refractivity contribution in [2.75, 3.05) is 37.5 Å². The first-order chi connectivity index (χ1) is 17.4. The first kappa shape index (κ1) is 26.7. The van der Waals surface area contributed by atoms with Crippen LogP contribution in [-0.2, 0) is 20.7 Å². The maximum Gasteiger partial charge on any atom is 0.338 e. The summed E-state index contributed by atoms with van der Waals surface area (Å²) >= 11 is 0. The molecule has 1 unspecified atom stereocenters. The number of carbonyl (C=O) groups is 3. The number of benzene rings is 2. The van der Waals surface area contributed by atoms with Crippen LogP contribution >= 0.6 is 0 Å². The molecule has 0 fully saturated rings. The topological polar surface area (TPSA) is 109 Å². The molecule has 9 heteroatoms. The minimum absolute atomic E-state index is 0.111. The smallest absolute Gasteiger partial charge is 0.338 e. The van der Waals surface area contributed by atoms with Crippen molar-refractivity contribution in [1.82, 2.24) is 10.2 Å². The van der Waals surface area contributed by atoms with Gasteiger partial charge in [0.05, 0.1) is 18.2 Å². The normalized spacial score (nSPS) is 15.4. The Morgan fingerprint density at radius 3 is 2.14 bits per heavy atom. The molecule has 0 radical (unpaired) electrons. The van der Waals surface area contributed by atoms with Crippen molar-refractivity contribution in [3.05, 3.63) is 70.9 Å². The Kier molecular flexibility index (Phi) is 9.46. The standard InChI is InChI=1S/C27H34N4O5/c1-5-15-31-18(3)23(25(32)36-17-16-35-4)24(30-27(31)34)20-9-13-22(14-10-20)29-26(33)28-21-11-7-19(6-2)8-12-21/h7-14,24H,5-6,15-17H2,1-4H3,(H,30,34)(H2,28,29,33). The Balaban J connectivity index is 1.76. The lowest BCUT2D eigenvalue weighted by molar-refractivity contribution is -0.140. The monoisotopic (exact) mass is 494 g/mol. The van der Waals surface area contributed by atoms with Crippen molar-refractivity contribution < 1.29 is 23.9 Å². The Labute approximate surface area is 211 Å². The Morgan fingerprint density at radius 2 is 1.58 bits per heavy atom. The second-order valence-electron chi connectivity index (χ2n) is 8.41. The van der Waals surface area contributed by atoms with E-state index < -0.39 is 12.0 Å². The molecule has 1 aliphatic rings. The highest BCUT2D eigenvalue weighted by molar-refractivity contribution is 6.00. The maximum atomic E-state index is 13.0. The molecule has 0 aromatic heterocycles. The van der Waals surface area contributed by atoms with Gasteiger partial charge in [-0.3, -0.25) is 4.90 Å². The van der Waals surface area contributed by atoms with Crippen LogP contribution in [0.3, 0.4) is 0 Å². The molecular weight excluding hydrogens is 460 g/mol. The SMILES string of the molecule is CCCN1C(=O)NC(c2ccc(NC(=O)Nc3ccc(CC)cc3)cc2)C(C(=O)OCCOC)=C1C. The zero-order chi connectivity index (χ0) is 26.1. The van der Waals surface area contributed by atoms with E-state index in [-0.39, 0.29) is 25.3 Å². The molecule has 4 amide bonds. The van der Waals surface area contributed by atoms with Gasteiger partial charge in [-0.1, -0.05) is 38.1 Å². The van der Waals surface area contributed by atoms with Gasteiger partial charge in [0.2, 0.25) is 0 Å². The number of allylic oxidation sites excluding steroid dienone is 1. The van der Waals surface area contributed by atoms with E-state index in [1.807, 2.05) is 31.2 Å². The molecule has 3 N–H and O–H groups in total. The molecule has 9 nitrogen and oxygen atoms in total. The lowest BCUT2D eigenvalue weighted by Gasteiger charge is -2.35. The number of hydrogen-bond donors (Lipinski definition) is 3. The van der Waals surface area contributed by atoms with E-state index in [1.165, 1.54) is 12.7 Å². The highest BCUT2D eigenvalue weighted by Gasteiger charge is 2.36. The van der Waals surface area contributed by atoms with Crippen LogP contribution in [0.1, 0.15) is 44.4 Å². The quantitative estimate of drug-likeness (QED) is 0.324. The summed E-state index contributed by atoms with van der Waals surface area (Å²) < 4.78 is 10.4. The van der Waals surface area contributed by atoms with Gasteiger partial charge < -0.3 is 25.4 Å². The largest absolute Gasteiger partial charge is 0.460 e. The highest BCUT2D eigenvalue weighted by atomic mass is 16.6. The van der Waals surface area contributed by atoms with Gasteiger partial charge in [0.25, 0.3) is 0 Å². The van der Waals surface area contributed by atoms with E-state index in [4.69, 9.17) is 9.47 Å². The van der Waals surface area contributed by atoms with Gasteiger partial charge >= 0.3 is 18.0 Å². The minimum Gasteiger partial charge on any atom is -0.460 e. The fourth-order valence-corrected chi connectivity index (χ4v) is 3.96. The summed E-state index contributed by atoms with van der Waals surface area (Å²) in [5.41, 5.74) is 4.08. The third-order valence-corrected chi connectivity index (χ3v) is 5.91. The molecule has 3 rings (SSSR count). The van der Waals surface area contributed by atoms with Crippen LogP contribution in [-0.4, -0.2) is 49.8 Å². The number of nitrogens with zero attached hydrogens (tertiary/aromatic N) is 1. The van der Waals surface area contributed by atoms with E-state index in [0.29, 0.717) is 34.8 Å². The Bertz CT molecular complexity index is 1100. The zero-order valence-electron chi connectivity index (χ0n) is 21.2. The van der Waals surface area contributed by atoms with Crippen LogP contribution in [0.5, 0.6) is 0 Å². The van der Waals surface area contributed by atoms with Gasteiger partial charge in [0.1, 0.15) is 6.61 Å². The third kappa shape index (κ3) is 6.63. The number of ether oxygens (including phenoxy) is 2. The summed E-state index contributed by atoms with van der Waals surface area (Å²) in [5.74, 6) is -0.508. The molecule has 1 aliphatic heterocycles. The highest BCUT2D eigenvalue weighted by Crippen LogP contribution is 2.32. The van der Waals surface area contributed by atoms with Crippen LogP contribution in [0, 0.1) is 0 Å². The molecule has 0 bridgehead atoms. The van der Waals surface area contributed by atoms with Crippen molar-refractivity contribution in [2.45, 2.75) is 39.7 Å². The summed E-state index contributed by atoms with van der Waals surface area (Å²) in [4.78, 5) is 39.7. The molecule has 36 heavy (non-hydrogen) atoms. The lowest BCUT2D eigenvalue weighted by atomic mass is 9.94. The van der Waals surface area contributed by atoms with Gasteiger partial charge in [-0.25, -0.2) is 14.4 Å². The molecule has 2 aromatic carbocycles. The van der Waals surface area contributed by atoms with Crippen molar-refractivity contribution in [1.29, 1.82) is 0 Å². The van der Waals surface area contributed by atoms with Crippen molar-refractivity contribution in [3.63, 3.8) is 0 Å². The summed E-state index contributed by atoms with van der Waals surface area (Å²) in [7, 11) is 1.53. The predicted molar refractivity (Wildman–Crippen MR) is 139 cm³/mol. The van der Waals surface area contributed by atoms with E-state index in [0.717, 1.165) is 12.8 Å². The molecule has 2 aromatic rings. The maximum absolute atomic E-state index is 13.0. The molecule has 1 heterocycles. The van der Waals surface area contributed by atoms with Crippen molar-refractivity contribution in [3.8, 4) is 0 Å². The molecule has 1 atom stereocenters. The fraction of sp³-hybridized carbons (Fsp3) is 0.370. The van der Waals surface area contributed by atoms with Crippen LogP contribution in [0.4, 0.5) is 21.0 Å². The summed E-state index contributed by atoms with van der Waals surface area (Å²) in [6.45, 7) is 6.66. The second-order valence-corrected chi connectivity index (χ2v) is 8.41. The van der Waals surface area contributed by atoms with Crippen LogP contribution < -0.4 is 16.0 Å². The van der Waals surface area contributed by atoms with Crippen molar-refractivity contribution >= 4 is 29.4 Å². The number of methoxy groups -OCH3 is 1. The van der Waals surface area contributed by atoms with Crippen LogP contribution in [0.2, 0.25) is 0 Å². The van der Waals surface area contributed by atoms with E-state index in [1.54, 1.807) is 36.1 Å². The van der Waals surface area contributed by atoms with Crippen LogP contribution in [0.15, 0.2) is 59.8 Å². The van der Waals surface area contributed by atoms with E-state index >= 15 is 0 Å². The Hall–Kier alpha value is -3.85. The summed E-state index contributed by atoms with van der Waals surface area (Å²) in [5, 5.41) is 8.52. The number of rotatable bonds is 10. The molecular formula is C27H34N4O5. The summed E-state index contributed by atoms with van der Waals surface area (Å²) in [6, 6.07) is 13.3. The van der Waals surface area contributed by atoms with Gasteiger partial charge in [-0.2, -0.15) is 0 Å². The van der Waals surface area contributed by atoms with Crippen LogP contribution in [0.25, 0.3) is 0 Å². The number of urea groups is 2. The van der Waals surface area contributed by atoms with E-state index in [9.17, 15) is 14.4 Å². The number of carbonyl (C=O) groups excluding carboxylic acids is 3. The lowest BCUT2D eigenvalue weighted by Crippen LogP contribution is -2.48. The van der Waals surface area contributed by atoms with Crippen molar-refractivity contribution in [2.24, 2.45) is 0 Å². The number of aryl methyl sites for hydroxylation is 1. The number of nitrogens with one attached hydrogen (secondary N) is 3. The number of anilines is 2. The molecule has 0 aliphatic carbocycles. The summed E-state index contributed by atoms with van der Waals surface area (Å²) in [6.07, 6.45) is 1.67. The first-order valence-electron chi connectivity index (χ1n) is 12.1. The second kappa shape index (κ2) is 12.7. The fourth-order valence-electron chi connectivity index (χ4n) is 3.96. The molecule has 0 saturated carbocycles. The number of esters is 1. The van der Waals surface area contributed by atoms with Gasteiger partial charge in [-0.05, 0) is 55.2 Å². The van der Waals surface area contributed by atoms with Gasteiger partial charge in [0.15, 0.2) is 0 Å². The molecule has 0 spiro atoms. The first-order valence-corrected chi connectivity index (χ1v) is 12.1.